The lowest BCUT2D eigenvalue weighted by molar-refractivity contribution is 0.559. The Balaban J connectivity index is 2.33. The molecule has 1 N–H and O–H groups in total. The van der Waals surface area contributed by atoms with Crippen LogP contribution in [0.3, 0.4) is 0 Å². The van der Waals surface area contributed by atoms with E-state index in [1.54, 1.807) is 0 Å². The second-order valence-corrected chi connectivity index (χ2v) is 3.44. The topological polar surface area (TPSA) is 24.4 Å². The molecule has 1 aliphatic heterocycles. The maximum absolute atomic E-state index is 4.47. The summed E-state index contributed by atoms with van der Waals surface area (Å²) in [4.78, 5) is 4.47. The molecule has 12 heavy (non-hydrogen) atoms. The van der Waals surface area contributed by atoms with Crippen LogP contribution < -0.4 is 5.32 Å². The Kier molecular flexibility index (Phi) is 4.12. The Hall–Kier alpha value is -0.530. The molecule has 1 aliphatic rings. The maximum atomic E-state index is 4.47. The van der Waals surface area contributed by atoms with E-state index in [0.29, 0.717) is 5.92 Å². The number of aliphatic imine (C=N–C) groups is 1. The molecule has 0 saturated carbocycles. The van der Waals surface area contributed by atoms with Crippen LogP contribution in [0.2, 0.25) is 0 Å². The molecule has 0 aromatic rings. The summed E-state index contributed by atoms with van der Waals surface area (Å²) in [5.74, 6) is 1.97. The molecular formula is C10H20N2. The highest BCUT2D eigenvalue weighted by atomic mass is 15.1. The van der Waals surface area contributed by atoms with Gasteiger partial charge in [-0.1, -0.05) is 26.7 Å². The SMILES string of the molecule is CCCCC(CC)C1=NCCN1. The second kappa shape index (κ2) is 5.18. The summed E-state index contributed by atoms with van der Waals surface area (Å²) in [6.07, 6.45) is 5.16. The minimum absolute atomic E-state index is 0.701. The van der Waals surface area contributed by atoms with Gasteiger partial charge in [0.25, 0.3) is 0 Å². The summed E-state index contributed by atoms with van der Waals surface area (Å²) >= 11 is 0. The molecule has 0 fully saturated rings. The standard InChI is InChI=1S/C10H20N2/c1-3-5-6-9(4-2)10-11-7-8-12-10/h9H,3-8H2,1-2H3,(H,11,12). The van der Waals surface area contributed by atoms with Gasteiger partial charge < -0.3 is 5.32 Å². The summed E-state index contributed by atoms with van der Waals surface area (Å²) < 4.78 is 0. The quantitative estimate of drug-likeness (QED) is 0.668. The summed E-state index contributed by atoms with van der Waals surface area (Å²) in [5, 5.41) is 3.37. The molecule has 70 valence electrons. The molecule has 0 aromatic carbocycles. The number of amidine groups is 1. The highest BCUT2D eigenvalue weighted by Crippen LogP contribution is 2.14. The maximum Gasteiger partial charge on any atom is 0.0995 e. The lowest BCUT2D eigenvalue weighted by Gasteiger charge is -2.14. The first kappa shape index (κ1) is 9.56. The molecule has 2 nitrogen and oxygen atoms in total. The van der Waals surface area contributed by atoms with Crippen LogP contribution in [-0.4, -0.2) is 18.9 Å². The molecular weight excluding hydrogens is 148 g/mol. The van der Waals surface area contributed by atoms with Gasteiger partial charge in [-0.2, -0.15) is 0 Å². The average molecular weight is 168 g/mol. The number of hydrogen-bond acceptors (Lipinski definition) is 2. The first-order chi connectivity index (χ1) is 5.88. The van der Waals surface area contributed by atoms with Crippen molar-refractivity contribution >= 4 is 5.84 Å². The Morgan fingerprint density at radius 1 is 1.50 bits per heavy atom. The molecule has 1 unspecified atom stereocenters. The van der Waals surface area contributed by atoms with E-state index >= 15 is 0 Å². The Morgan fingerprint density at radius 3 is 2.83 bits per heavy atom. The predicted octanol–water partition coefficient (Wildman–Crippen LogP) is 2.20. The highest BCUT2D eigenvalue weighted by Gasteiger charge is 2.15. The fourth-order valence-corrected chi connectivity index (χ4v) is 1.67. The average Bonchev–Trinajstić information content (AvgIpc) is 2.59. The van der Waals surface area contributed by atoms with Crippen LogP contribution >= 0.6 is 0 Å². The third-order valence-electron chi connectivity index (χ3n) is 2.49. The molecule has 0 aliphatic carbocycles. The van der Waals surface area contributed by atoms with Gasteiger partial charge in [-0.15, -0.1) is 0 Å². The second-order valence-electron chi connectivity index (χ2n) is 3.44. The van der Waals surface area contributed by atoms with E-state index in [-0.39, 0.29) is 0 Å². The normalized spacial score (nSPS) is 18.7. The Bertz CT molecular complexity index is 152. The molecule has 1 atom stereocenters. The van der Waals surface area contributed by atoms with Crippen molar-refractivity contribution in [2.75, 3.05) is 13.1 Å². The monoisotopic (exact) mass is 168 g/mol. The molecule has 0 saturated heterocycles. The molecule has 2 heteroatoms. The zero-order valence-electron chi connectivity index (χ0n) is 8.27. The first-order valence-corrected chi connectivity index (χ1v) is 5.16. The van der Waals surface area contributed by atoms with E-state index in [1.165, 1.54) is 31.5 Å². The number of nitrogens with zero attached hydrogens (tertiary/aromatic N) is 1. The minimum atomic E-state index is 0.701. The van der Waals surface area contributed by atoms with Crippen molar-refractivity contribution in [1.29, 1.82) is 0 Å². The summed E-state index contributed by atoms with van der Waals surface area (Å²) in [7, 11) is 0. The van der Waals surface area contributed by atoms with Crippen molar-refractivity contribution in [3.8, 4) is 0 Å². The molecule has 0 amide bonds. The van der Waals surface area contributed by atoms with E-state index in [4.69, 9.17) is 0 Å². The van der Waals surface area contributed by atoms with Crippen LogP contribution in [0.25, 0.3) is 0 Å². The van der Waals surface area contributed by atoms with Gasteiger partial charge >= 0.3 is 0 Å². The molecule has 0 bridgehead atoms. The summed E-state index contributed by atoms with van der Waals surface area (Å²) in [6.45, 7) is 6.54. The van der Waals surface area contributed by atoms with Gasteiger partial charge in [0.05, 0.1) is 12.4 Å². The number of nitrogens with one attached hydrogen (secondary N) is 1. The van der Waals surface area contributed by atoms with Crippen molar-refractivity contribution in [2.45, 2.75) is 39.5 Å². The van der Waals surface area contributed by atoms with Gasteiger partial charge in [0, 0.05) is 12.5 Å². The fraction of sp³-hybridized carbons (Fsp3) is 0.900. The summed E-state index contributed by atoms with van der Waals surface area (Å²) in [6, 6.07) is 0. The van der Waals surface area contributed by atoms with Gasteiger partial charge in [-0.05, 0) is 12.8 Å². The largest absolute Gasteiger partial charge is 0.372 e. The van der Waals surface area contributed by atoms with Crippen LogP contribution in [0.4, 0.5) is 0 Å². The van der Waals surface area contributed by atoms with E-state index in [1.807, 2.05) is 0 Å². The predicted molar refractivity (Wildman–Crippen MR) is 53.6 cm³/mol. The van der Waals surface area contributed by atoms with Crippen molar-refractivity contribution in [3.05, 3.63) is 0 Å². The third kappa shape index (κ3) is 2.50. The Morgan fingerprint density at radius 2 is 2.33 bits per heavy atom. The van der Waals surface area contributed by atoms with Crippen molar-refractivity contribution < 1.29 is 0 Å². The molecule has 0 radical (unpaired) electrons. The third-order valence-corrected chi connectivity index (χ3v) is 2.49. The molecule has 0 aromatic heterocycles. The smallest absolute Gasteiger partial charge is 0.0995 e. The zero-order chi connectivity index (χ0) is 8.81. The molecule has 0 spiro atoms. The van der Waals surface area contributed by atoms with Crippen LogP contribution in [-0.2, 0) is 0 Å². The van der Waals surface area contributed by atoms with Gasteiger partial charge in [0.2, 0.25) is 0 Å². The van der Waals surface area contributed by atoms with Gasteiger partial charge in [-0.25, -0.2) is 0 Å². The summed E-state index contributed by atoms with van der Waals surface area (Å²) in [5.41, 5.74) is 0. The van der Waals surface area contributed by atoms with Crippen LogP contribution in [0.5, 0.6) is 0 Å². The van der Waals surface area contributed by atoms with E-state index < -0.39 is 0 Å². The fourth-order valence-electron chi connectivity index (χ4n) is 1.67. The van der Waals surface area contributed by atoms with Crippen LogP contribution in [0.1, 0.15) is 39.5 Å². The lowest BCUT2D eigenvalue weighted by Crippen LogP contribution is -2.26. The highest BCUT2D eigenvalue weighted by molar-refractivity contribution is 5.85. The minimum Gasteiger partial charge on any atom is -0.372 e. The number of unbranched alkanes of at least 4 members (excludes halogenated alkanes) is 1. The zero-order valence-corrected chi connectivity index (χ0v) is 8.27. The molecule has 1 heterocycles. The van der Waals surface area contributed by atoms with Crippen molar-refractivity contribution in [2.24, 2.45) is 10.9 Å². The van der Waals surface area contributed by atoms with Crippen molar-refractivity contribution in [1.82, 2.24) is 5.32 Å². The number of hydrogen-bond donors (Lipinski definition) is 1. The number of rotatable bonds is 5. The first-order valence-electron chi connectivity index (χ1n) is 5.16. The van der Waals surface area contributed by atoms with Gasteiger partial charge in [0.1, 0.15) is 0 Å². The lowest BCUT2D eigenvalue weighted by atomic mass is 9.98. The van der Waals surface area contributed by atoms with Crippen molar-refractivity contribution in [3.63, 3.8) is 0 Å². The van der Waals surface area contributed by atoms with Gasteiger partial charge in [-0.3, -0.25) is 4.99 Å². The molecule has 1 rings (SSSR count). The Labute approximate surface area is 75.5 Å². The van der Waals surface area contributed by atoms with E-state index in [9.17, 15) is 0 Å². The van der Waals surface area contributed by atoms with Crippen LogP contribution in [0.15, 0.2) is 4.99 Å². The van der Waals surface area contributed by atoms with E-state index in [0.717, 1.165) is 13.1 Å². The van der Waals surface area contributed by atoms with Gasteiger partial charge in [0.15, 0.2) is 0 Å². The van der Waals surface area contributed by atoms with E-state index in [2.05, 4.69) is 24.2 Å². The van der Waals surface area contributed by atoms with Crippen LogP contribution in [0, 0.1) is 5.92 Å².